The highest BCUT2D eigenvalue weighted by atomic mass is 14.9. The van der Waals surface area contributed by atoms with E-state index in [0.717, 1.165) is 25.9 Å². The third kappa shape index (κ3) is 6.62. The average Bonchev–Trinajstić information content (AvgIpc) is 2.54. The molecule has 0 fully saturated rings. The van der Waals surface area contributed by atoms with E-state index in [0.29, 0.717) is 11.8 Å². The van der Waals surface area contributed by atoms with E-state index in [9.17, 15) is 0 Å². The van der Waals surface area contributed by atoms with Crippen molar-refractivity contribution in [3.8, 4) is 0 Å². The van der Waals surface area contributed by atoms with Crippen LogP contribution in [-0.4, -0.2) is 13.1 Å². The van der Waals surface area contributed by atoms with Crippen LogP contribution in [0.2, 0.25) is 0 Å². The Morgan fingerprint density at radius 1 is 1.18 bits per heavy atom. The molecule has 122 valence electrons. The zero-order chi connectivity index (χ0) is 16.4. The van der Waals surface area contributed by atoms with Crippen molar-refractivity contribution >= 4 is 5.57 Å². The second-order valence-electron chi connectivity index (χ2n) is 6.41. The molecule has 0 saturated heterocycles. The number of nitrogens with one attached hydrogen (secondary N) is 1. The Bertz CT molecular complexity index is 458. The fraction of sp³-hybridized carbons (Fsp3) is 0.524. The standard InChI is InChI=1S/C21H33N/c1-6-11-21(20-12-9-8-10-13-20)14-17(3)15-22-16-19(5)18(4)7-2/h8-13,17-18,22H,5-7,14-16H2,1-4H3/b21-11+. The lowest BCUT2D eigenvalue weighted by molar-refractivity contribution is 0.522. The lowest BCUT2D eigenvalue weighted by Gasteiger charge is -2.18. The second kappa shape index (κ2) is 10.4. The van der Waals surface area contributed by atoms with Crippen molar-refractivity contribution in [2.45, 2.75) is 47.0 Å². The zero-order valence-electron chi connectivity index (χ0n) is 14.9. The first-order valence-electron chi connectivity index (χ1n) is 8.71. The first-order chi connectivity index (χ1) is 10.6. The smallest absolute Gasteiger partial charge is 0.0164 e. The molecule has 0 aliphatic heterocycles. The third-order valence-electron chi connectivity index (χ3n) is 4.32. The molecule has 1 rings (SSSR count). The van der Waals surface area contributed by atoms with Gasteiger partial charge in [-0.2, -0.15) is 0 Å². The monoisotopic (exact) mass is 299 g/mol. The molecule has 0 radical (unpaired) electrons. The fourth-order valence-electron chi connectivity index (χ4n) is 2.61. The summed E-state index contributed by atoms with van der Waals surface area (Å²) in [5.74, 6) is 1.24. The van der Waals surface area contributed by atoms with Crippen LogP contribution >= 0.6 is 0 Å². The Hall–Kier alpha value is -1.34. The van der Waals surface area contributed by atoms with Gasteiger partial charge in [0.15, 0.2) is 0 Å². The largest absolute Gasteiger partial charge is 0.313 e. The van der Waals surface area contributed by atoms with E-state index >= 15 is 0 Å². The van der Waals surface area contributed by atoms with Crippen LogP contribution in [0.25, 0.3) is 5.57 Å². The summed E-state index contributed by atoms with van der Waals surface area (Å²) < 4.78 is 0. The summed E-state index contributed by atoms with van der Waals surface area (Å²) in [7, 11) is 0. The van der Waals surface area contributed by atoms with Crippen molar-refractivity contribution in [1.82, 2.24) is 5.32 Å². The van der Waals surface area contributed by atoms with Gasteiger partial charge in [0.25, 0.3) is 0 Å². The number of allylic oxidation sites excluding steroid dienone is 2. The number of benzene rings is 1. The minimum atomic E-state index is 0.614. The minimum absolute atomic E-state index is 0.614. The van der Waals surface area contributed by atoms with Crippen LogP contribution in [0.1, 0.15) is 52.5 Å². The highest BCUT2D eigenvalue weighted by molar-refractivity contribution is 5.65. The van der Waals surface area contributed by atoms with Gasteiger partial charge in [-0.05, 0) is 48.8 Å². The predicted octanol–water partition coefficient (Wildman–Crippen LogP) is 5.70. The number of rotatable bonds is 10. The third-order valence-corrected chi connectivity index (χ3v) is 4.32. The molecule has 1 N–H and O–H groups in total. The summed E-state index contributed by atoms with van der Waals surface area (Å²) in [4.78, 5) is 0. The van der Waals surface area contributed by atoms with Gasteiger partial charge in [0, 0.05) is 6.54 Å². The molecule has 0 heterocycles. The van der Waals surface area contributed by atoms with E-state index in [2.05, 4.69) is 76.0 Å². The molecular formula is C21H33N. The average molecular weight is 300 g/mol. The Kier molecular flexibility index (Phi) is 8.84. The summed E-state index contributed by atoms with van der Waals surface area (Å²) in [6.07, 6.45) is 5.76. The number of hydrogen-bond donors (Lipinski definition) is 1. The molecule has 0 aromatic heterocycles. The van der Waals surface area contributed by atoms with Crippen LogP contribution in [-0.2, 0) is 0 Å². The topological polar surface area (TPSA) is 12.0 Å². The van der Waals surface area contributed by atoms with Crippen LogP contribution < -0.4 is 5.32 Å². The van der Waals surface area contributed by atoms with Gasteiger partial charge in [-0.25, -0.2) is 0 Å². The zero-order valence-corrected chi connectivity index (χ0v) is 14.9. The van der Waals surface area contributed by atoms with Gasteiger partial charge >= 0.3 is 0 Å². The summed E-state index contributed by atoms with van der Waals surface area (Å²) in [5.41, 5.74) is 4.15. The Morgan fingerprint density at radius 3 is 2.45 bits per heavy atom. The quantitative estimate of drug-likeness (QED) is 0.547. The van der Waals surface area contributed by atoms with Gasteiger partial charge in [-0.3, -0.25) is 0 Å². The van der Waals surface area contributed by atoms with Gasteiger partial charge in [0.1, 0.15) is 0 Å². The molecule has 1 aromatic carbocycles. The van der Waals surface area contributed by atoms with Gasteiger partial charge in [-0.15, -0.1) is 0 Å². The van der Waals surface area contributed by atoms with E-state index in [1.807, 2.05) is 0 Å². The maximum absolute atomic E-state index is 4.19. The molecule has 0 bridgehead atoms. The molecule has 2 unspecified atom stereocenters. The van der Waals surface area contributed by atoms with Crippen molar-refractivity contribution in [1.29, 1.82) is 0 Å². The minimum Gasteiger partial charge on any atom is -0.313 e. The Labute approximate surface area is 137 Å². The maximum atomic E-state index is 4.19. The van der Waals surface area contributed by atoms with Crippen molar-refractivity contribution in [3.05, 3.63) is 54.1 Å². The van der Waals surface area contributed by atoms with E-state index in [4.69, 9.17) is 0 Å². The molecule has 0 spiro atoms. The predicted molar refractivity (Wildman–Crippen MR) is 100.0 cm³/mol. The van der Waals surface area contributed by atoms with Crippen LogP contribution in [0.5, 0.6) is 0 Å². The van der Waals surface area contributed by atoms with E-state index in [1.165, 1.54) is 23.1 Å². The molecule has 1 nitrogen and oxygen atoms in total. The maximum Gasteiger partial charge on any atom is 0.0164 e. The van der Waals surface area contributed by atoms with Crippen LogP contribution in [0.3, 0.4) is 0 Å². The first kappa shape index (κ1) is 18.7. The molecule has 1 aromatic rings. The summed E-state index contributed by atoms with van der Waals surface area (Å²) >= 11 is 0. The molecule has 2 atom stereocenters. The molecule has 0 aliphatic carbocycles. The normalized spacial score (nSPS) is 14.6. The summed E-state index contributed by atoms with van der Waals surface area (Å²) in [5, 5.41) is 3.57. The fourth-order valence-corrected chi connectivity index (χ4v) is 2.61. The summed E-state index contributed by atoms with van der Waals surface area (Å²) in [6.45, 7) is 15.2. The van der Waals surface area contributed by atoms with Crippen molar-refractivity contribution < 1.29 is 0 Å². The summed E-state index contributed by atoms with van der Waals surface area (Å²) in [6, 6.07) is 10.8. The molecule has 0 amide bonds. The second-order valence-corrected chi connectivity index (χ2v) is 6.41. The van der Waals surface area contributed by atoms with Crippen LogP contribution in [0.4, 0.5) is 0 Å². The van der Waals surface area contributed by atoms with Crippen LogP contribution in [0, 0.1) is 11.8 Å². The van der Waals surface area contributed by atoms with Crippen LogP contribution in [0.15, 0.2) is 48.6 Å². The molecule has 22 heavy (non-hydrogen) atoms. The van der Waals surface area contributed by atoms with Crippen molar-refractivity contribution in [3.63, 3.8) is 0 Å². The molecular weight excluding hydrogens is 266 g/mol. The Morgan fingerprint density at radius 2 is 1.86 bits per heavy atom. The van der Waals surface area contributed by atoms with Gasteiger partial charge < -0.3 is 5.32 Å². The van der Waals surface area contributed by atoms with E-state index in [-0.39, 0.29) is 0 Å². The molecule has 0 saturated carbocycles. The Balaban J connectivity index is 2.47. The highest BCUT2D eigenvalue weighted by Gasteiger charge is 2.09. The van der Waals surface area contributed by atoms with Gasteiger partial charge in [0.05, 0.1) is 0 Å². The van der Waals surface area contributed by atoms with E-state index in [1.54, 1.807) is 0 Å². The van der Waals surface area contributed by atoms with E-state index < -0.39 is 0 Å². The molecule has 0 aliphatic rings. The molecule has 1 heteroatoms. The lowest BCUT2D eigenvalue weighted by atomic mass is 9.94. The van der Waals surface area contributed by atoms with Crippen molar-refractivity contribution in [2.75, 3.05) is 13.1 Å². The van der Waals surface area contributed by atoms with Gasteiger partial charge in [0.2, 0.25) is 0 Å². The van der Waals surface area contributed by atoms with Gasteiger partial charge in [-0.1, -0.05) is 76.3 Å². The SMILES string of the molecule is C=C(CNCC(C)C/C(=C\CC)c1ccccc1)C(C)CC. The number of hydrogen-bond acceptors (Lipinski definition) is 1. The lowest BCUT2D eigenvalue weighted by Crippen LogP contribution is -2.25. The highest BCUT2D eigenvalue weighted by Crippen LogP contribution is 2.23. The van der Waals surface area contributed by atoms with Crippen molar-refractivity contribution in [2.24, 2.45) is 11.8 Å². The first-order valence-corrected chi connectivity index (χ1v) is 8.71.